The predicted molar refractivity (Wildman–Crippen MR) is 187 cm³/mol. The molecule has 14 heteroatoms. The molecule has 0 spiro atoms. The summed E-state index contributed by atoms with van der Waals surface area (Å²) in [6.45, 7) is 18.3. The highest BCUT2D eigenvalue weighted by Gasteiger charge is 2.69. The molecule has 1 heterocycles. The number of hydrogen-bond acceptors (Lipinski definition) is 8. The summed E-state index contributed by atoms with van der Waals surface area (Å²) in [7, 11) is -2.26. The van der Waals surface area contributed by atoms with Gasteiger partial charge in [-0.3, -0.25) is 19.2 Å². The van der Waals surface area contributed by atoms with E-state index in [0.717, 1.165) is 32.1 Å². The Balaban J connectivity index is 1.79. The van der Waals surface area contributed by atoms with Crippen molar-refractivity contribution >= 4 is 39.6 Å². The summed E-state index contributed by atoms with van der Waals surface area (Å²) in [5.74, 6) is -3.44. The minimum atomic E-state index is -3.71. The lowest BCUT2D eigenvalue weighted by atomic mass is 9.83. The normalized spacial score (nSPS) is 23.6. The summed E-state index contributed by atoms with van der Waals surface area (Å²) in [6.07, 6.45) is 5.73. The zero-order valence-corrected chi connectivity index (χ0v) is 31.7. The van der Waals surface area contributed by atoms with E-state index in [-0.39, 0.29) is 42.0 Å². The molecule has 3 aliphatic rings. The second kappa shape index (κ2) is 15.5. The average Bonchev–Trinajstić information content (AvgIpc) is 3.31. The smallest absolute Gasteiger partial charge is 0.408 e. The molecule has 13 nitrogen and oxygen atoms in total. The number of nitrogens with one attached hydrogen (secondary N) is 3. The maximum absolute atomic E-state index is 14.3. The van der Waals surface area contributed by atoms with Gasteiger partial charge in [-0.15, -0.1) is 6.58 Å². The maximum atomic E-state index is 14.3. The standard InChI is InChI=1S/C35H59N5O8S/c1-11-12-18-24(28(41)30(43)36-19-20-49(46,47)39(10)33(2,3)4)37-29(42)27-25-23(35(25,8)9)21-40(27)31(44)26(22-16-14-13-15-17-22)38-32(45)48-34(5,6)7/h11,22-27H,1,12-21H2,2-10H3,(H,36,43)(H,37,42)(H,38,45)/t23-,24?,25?,26-,27-/m0/s1. The molecule has 2 aliphatic carbocycles. The third kappa shape index (κ3) is 10.0. The number of sulfonamides is 1. The average molecular weight is 710 g/mol. The molecule has 0 aromatic carbocycles. The summed E-state index contributed by atoms with van der Waals surface area (Å²) in [5, 5.41) is 7.99. The molecule has 0 aromatic heterocycles. The number of Topliss-reactive ketones (excluding diaryl/α,β-unsaturated/α-hetero) is 1. The summed E-state index contributed by atoms with van der Waals surface area (Å²) >= 11 is 0. The van der Waals surface area contributed by atoms with Crippen molar-refractivity contribution in [2.45, 2.75) is 130 Å². The Morgan fingerprint density at radius 2 is 1.63 bits per heavy atom. The van der Waals surface area contributed by atoms with Gasteiger partial charge in [0, 0.05) is 25.7 Å². The van der Waals surface area contributed by atoms with Crippen molar-refractivity contribution in [3.63, 3.8) is 0 Å². The number of allylic oxidation sites excluding steroid dienone is 1. The van der Waals surface area contributed by atoms with Crippen LogP contribution < -0.4 is 16.0 Å². The number of ether oxygens (including phenoxy) is 1. The van der Waals surface area contributed by atoms with Crippen LogP contribution in [0, 0.1) is 23.2 Å². The van der Waals surface area contributed by atoms with Gasteiger partial charge in [-0.05, 0) is 90.4 Å². The third-order valence-electron chi connectivity index (χ3n) is 10.3. The van der Waals surface area contributed by atoms with Crippen molar-refractivity contribution in [1.82, 2.24) is 25.2 Å². The number of rotatable bonds is 14. The lowest BCUT2D eigenvalue weighted by Gasteiger charge is -2.37. The first kappa shape index (κ1) is 40.4. The number of nitrogens with zero attached hydrogens (tertiary/aromatic N) is 2. The maximum Gasteiger partial charge on any atom is 0.408 e. The minimum absolute atomic E-state index is 0.0551. The molecule has 3 fully saturated rings. The molecule has 4 amide bonds. The van der Waals surface area contributed by atoms with E-state index in [1.165, 1.54) is 16.3 Å². The van der Waals surface area contributed by atoms with Crippen LogP contribution in [0.5, 0.6) is 0 Å². The van der Waals surface area contributed by atoms with Gasteiger partial charge in [-0.1, -0.05) is 39.2 Å². The largest absolute Gasteiger partial charge is 0.444 e. The van der Waals surface area contributed by atoms with Crippen molar-refractivity contribution < 1.29 is 37.1 Å². The van der Waals surface area contributed by atoms with Crippen LogP contribution in [0.3, 0.4) is 0 Å². The Labute approximate surface area is 292 Å². The second-order valence-electron chi connectivity index (χ2n) is 16.4. The van der Waals surface area contributed by atoms with Gasteiger partial charge >= 0.3 is 6.09 Å². The van der Waals surface area contributed by atoms with Gasteiger partial charge in [-0.25, -0.2) is 13.2 Å². The van der Waals surface area contributed by atoms with Crippen LogP contribution in [0.1, 0.15) is 100 Å². The number of carbonyl (C=O) groups is 5. The SMILES string of the molecule is C=CCCC(NC(=O)[C@@H]1C2[C@H](CN1C(=O)[C@@H](NC(=O)OC(C)(C)C)C1CCCCC1)C2(C)C)C(=O)C(=O)NCCS(=O)(=O)N(C)C(C)(C)C. The molecule has 1 aliphatic heterocycles. The molecule has 49 heavy (non-hydrogen) atoms. The molecule has 0 bridgehead atoms. The fraction of sp³-hybridized carbons (Fsp3) is 0.800. The van der Waals surface area contributed by atoms with Crippen LogP contribution in [0.4, 0.5) is 4.79 Å². The van der Waals surface area contributed by atoms with Crippen LogP contribution in [0.15, 0.2) is 12.7 Å². The lowest BCUT2D eigenvalue weighted by Crippen LogP contribution is -2.60. The number of ketones is 1. The Morgan fingerprint density at radius 3 is 2.18 bits per heavy atom. The van der Waals surface area contributed by atoms with Crippen molar-refractivity contribution in [2.24, 2.45) is 23.2 Å². The molecule has 0 radical (unpaired) electrons. The number of alkyl carbamates (subject to hydrolysis) is 1. The first-order valence-corrected chi connectivity index (χ1v) is 19.1. The molecule has 3 rings (SSSR count). The van der Waals surface area contributed by atoms with E-state index in [1.807, 2.05) is 13.8 Å². The van der Waals surface area contributed by atoms with Crippen LogP contribution in [0.25, 0.3) is 0 Å². The topological polar surface area (TPSA) is 171 Å². The van der Waals surface area contributed by atoms with E-state index < -0.39 is 68.7 Å². The predicted octanol–water partition coefficient (Wildman–Crippen LogP) is 3.14. The van der Waals surface area contributed by atoms with Crippen LogP contribution in [-0.2, 0) is 33.9 Å². The van der Waals surface area contributed by atoms with Crippen molar-refractivity contribution in [3.05, 3.63) is 12.7 Å². The van der Waals surface area contributed by atoms with Gasteiger partial charge in [0.25, 0.3) is 5.91 Å². The van der Waals surface area contributed by atoms with Gasteiger partial charge in [0.1, 0.15) is 17.7 Å². The van der Waals surface area contributed by atoms with Crippen molar-refractivity contribution in [1.29, 1.82) is 0 Å². The molecule has 1 saturated heterocycles. The number of piperidine rings is 1. The molecule has 2 unspecified atom stereocenters. The van der Waals surface area contributed by atoms with Crippen molar-refractivity contribution in [2.75, 3.05) is 25.9 Å². The summed E-state index contributed by atoms with van der Waals surface area (Å²) in [5.41, 5.74) is -1.64. The van der Waals surface area contributed by atoms with Crippen LogP contribution >= 0.6 is 0 Å². The highest BCUT2D eigenvalue weighted by Crippen LogP contribution is 2.65. The molecule has 2 saturated carbocycles. The molecule has 3 N–H and O–H groups in total. The van der Waals surface area contributed by atoms with E-state index >= 15 is 0 Å². The van der Waals surface area contributed by atoms with E-state index in [2.05, 4.69) is 22.5 Å². The summed E-state index contributed by atoms with van der Waals surface area (Å²) in [4.78, 5) is 69.2. The Bertz CT molecular complexity index is 1380. The summed E-state index contributed by atoms with van der Waals surface area (Å²) in [6, 6.07) is -2.99. The Morgan fingerprint density at radius 1 is 1.02 bits per heavy atom. The molecular weight excluding hydrogens is 650 g/mol. The number of carbonyl (C=O) groups excluding carboxylic acids is 5. The molecular formula is C35H59N5O8S. The number of amides is 4. The van der Waals surface area contributed by atoms with E-state index in [9.17, 15) is 32.4 Å². The quantitative estimate of drug-likeness (QED) is 0.182. The molecule has 0 aromatic rings. The second-order valence-corrected chi connectivity index (χ2v) is 18.5. The minimum Gasteiger partial charge on any atom is -0.444 e. The van der Waals surface area contributed by atoms with Crippen LogP contribution in [-0.4, -0.2) is 102 Å². The number of hydrogen-bond donors (Lipinski definition) is 3. The van der Waals surface area contributed by atoms with Gasteiger partial charge < -0.3 is 25.6 Å². The number of fused-ring (bicyclic) bond motifs is 1. The third-order valence-corrected chi connectivity index (χ3v) is 12.4. The van der Waals surface area contributed by atoms with Gasteiger partial charge in [0.2, 0.25) is 27.6 Å². The molecule has 5 atom stereocenters. The van der Waals surface area contributed by atoms with Crippen molar-refractivity contribution in [3.8, 4) is 0 Å². The first-order valence-electron chi connectivity index (χ1n) is 17.5. The zero-order valence-electron chi connectivity index (χ0n) is 30.9. The Hall–Kier alpha value is -3.00. The fourth-order valence-corrected chi connectivity index (χ4v) is 8.65. The van der Waals surface area contributed by atoms with E-state index in [1.54, 1.807) is 47.6 Å². The van der Waals surface area contributed by atoms with Gasteiger partial charge in [-0.2, -0.15) is 4.31 Å². The summed E-state index contributed by atoms with van der Waals surface area (Å²) < 4.78 is 32.1. The van der Waals surface area contributed by atoms with E-state index in [4.69, 9.17) is 4.74 Å². The van der Waals surface area contributed by atoms with Gasteiger partial charge in [0.05, 0.1) is 11.8 Å². The fourth-order valence-electron chi connectivity index (χ4n) is 7.18. The van der Waals surface area contributed by atoms with Crippen LogP contribution in [0.2, 0.25) is 0 Å². The first-order chi connectivity index (χ1) is 22.5. The number of likely N-dealkylation sites (tertiary alicyclic amines) is 1. The highest BCUT2D eigenvalue weighted by molar-refractivity contribution is 7.89. The Kier molecular flexibility index (Phi) is 12.8. The van der Waals surface area contributed by atoms with E-state index in [0.29, 0.717) is 13.0 Å². The molecule has 278 valence electrons. The lowest BCUT2D eigenvalue weighted by molar-refractivity contribution is -0.145. The monoisotopic (exact) mass is 709 g/mol. The van der Waals surface area contributed by atoms with Gasteiger partial charge in [0.15, 0.2) is 0 Å². The highest BCUT2D eigenvalue weighted by atomic mass is 32.2. The zero-order chi connectivity index (χ0) is 37.1.